The number of hydrogen-bond acceptors (Lipinski definition) is 1. The van der Waals surface area contributed by atoms with Gasteiger partial charge in [-0.1, -0.05) is 83.3 Å². The molecule has 0 bridgehead atoms. The molecule has 2 aromatic rings. The number of carbonyl (C=O) groups is 1. The summed E-state index contributed by atoms with van der Waals surface area (Å²) in [6, 6.07) is 16.9. The van der Waals surface area contributed by atoms with Gasteiger partial charge in [-0.2, -0.15) is 0 Å². The lowest BCUT2D eigenvalue weighted by molar-refractivity contribution is 0.248. The van der Waals surface area contributed by atoms with Gasteiger partial charge in [0.2, 0.25) is 3.79 Å². The van der Waals surface area contributed by atoms with Crippen LogP contribution in [0.1, 0.15) is 11.6 Å². The number of carbonyl (C=O) groups excluding carboxylic acids is 1. The second kappa shape index (κ2) is 7.03. The Morgan fingerprint density at radius 3 is 1.95 bits per heavy atom. The van der Waals surface area contributed by atoms with Crippen LogP contribution in [0.15, 0.2) is 60.7 Å². The minimum absolute atomic E-state index is 0.443. The zero-order valence-corrected chi connectivity index (χ0v) is 13.2. The van der Waals surface area contributed by atoms with Gasteiger partial charge in [-0.3, -0.25) is 0 Å². The average molecular weight is 344 g/mol. The van der Waals surface area contributed by atoms with Gasteiger partial charge in [-0.15, -0.1) is 0 Å². The highest BCUT2D eigenvalue weighted by Gasteiger charge is 2.35. The largest absolute Gasteiger partial charge is 0.327 e. The third kappa shape index (κ3) is 4.81. The zero-order valence-electron chi connectivity index (χ0n) is 10.9. The fourth-order valence-electron chi connectivity index (χ4n) is 1.82. The fraction of sp³-hybridized carbons (Fsp3) is 0.133. The molecule has 0 aliphatic heterocycles. The first-order chi connectivity index (χ1) is 9.97. The van der Waals surface area contributed by atoms with Crippen LogP contribution in [0.5, 0.6) is 0 Å². The molecule has 0 saturated carbocycles. The van der Waals surface area contributed by atoms with E-state index in [1.165, 1.54) is 0 Å². The van der Waals surface area contributed by atoms with E-state index in [0.717, 1.165) is 0 Å². The van der Waals surface area contributed by atoms with Crippen LogP contribution in [0.3, 0.4) is 0 Å². The van der Waals surface area contributed by atoms with Crippen LogP contribution in [0.2, 0.25) is 0 Å². The highest BCUT2D eigenvalue weighted by Crippen LogP contribution is 2.39. The van der Waals surface area contributed by atoms with Gasteiger partial charge in [-0.05, 0) is 17.7 Å². The van der Waals surface area contributed by atoms with E-state index in [1.54, 1.807) is 24.3 Å². The van der Waals surface area contributed by atoms with Crippen LogP contribution in [-0.4, -0.2) is 9.82 Å². The van der Waals surface area contributed by atoms with Gasteiger partial charge in [-0.25, -0.2) is 4.79 Å². The maximum atomic E-state index is 12.0. The first-order valence-corrected chi connectivity index (χ1v) is 7.34. The van der Waals surface area contributed by atoms with Crippen molar-refractivity contribution in [1.29, 1.82) is 0 Å². The molecule has 2 N–H and O–H groups in total. The van der Waals surface area contributed by atoms with E-state index in [0.29, 0.717) is 11.3 Å². The maximum absolute atomic E-state index is 12.0. The van der Waals surface area contributed by atoms with Gasteiger partial charge >= 0.3 is 6.03 Å². The van der Waals surface area contributed by atoms with Gasteiger partial charge < -0.3 is 10.6 Å². The van der Waals surface area contributed by atoms with E-state index in [-0.39, 0.29) is 0 Å². The molecule has 3 nitrogen and oxygen atoms in total. The predicted octanol–water partition coefficient (Wildman–Crippen LogP) is 4.92. The van der Waals surface area contributed by atoms with Gasteiger partial charge in [0.15, 0.2) is 0 Å². The van der Waals surface area contributed by atoms with Gasteiger partial charge in [0, 0.05) is 5.69 Å². The smallest absolute Gasteiger partial charge is 0.319 e. The van der Waals surface area contributed by atoms with Crippen LogP contribution >= 0.6 is 34.8 Å². The van der Waals surface area contributed by atoms with Gasteiger partial charge in [0.1, 0.15) is 6.04 Å². The van der Waals surface area contributed by atoms with Crippen molar-refractivity contribution >= 4 is 46.5 Å². The summed E-state index contributed by atoms with van der Waals surface area (Å²) in [7, 11) is 0. The summed E-state index contributed by atoms with van der Waals surface area (Å²) in [6.07, 6.45) is 0. The zero-order chi connectivity index (χ0) is 15.3. The number of urea groups is 1. The predicted molar refractivity (Wildman–Crippen MR) is 88.1 cm³/mol. The van der Waals surface area contributed by atoms with E-state index >= 15 is 0 Å². The molecule has 2 rings (SSSR count). The first-order valence-electron chi connectivity index (χ1n) is 6.21. The van der Waals surface area contributed by atoms with Gasteiger partial charge in [0.05, 0.1) is 0 Å². The first kappa shape index (κ1) is 16.0. The minimum Gasteiger partial charge on any atom is -0.327 e. The number of amides is 2. The van der Waals surface area contributed by atoms with Crippen molar-refractivity contribution in [3.63, 3.8) is 0 Å². The van der Waals surface area contributed by atoms with E-state index in [9.17, 15) is 4.79 Å². The number of hydrogen-bond donors (Lipinski definition) is 2. The Labute approximate surface area is 138 Å². The molecule has 2 aromatic carbocycles. The summed E-state index contributed by atoms with van der Waals surface area (Å²) in [6.45, 7) is 0. The van der Waals surface area contributed by atoms with E-state index < -0.39 is 15.9 Å². The summed E-state index contributed by atoms with van der Waals surface area (Å²) in [4.78, 5) is 12.0. The summed E-state index contributed by atoms with van der Waals surface area (Å²) < 4.78 is -1.66. The molecule has 0 radical (unpaired) electrons. The fourth-order valence-corrected chi connectivity index (χ4v) is 2.36. The van der Waals surface area contributed by atoms with Crippen molar-refractivity contribution in [3.05, 3.63) is 66.2 Å². The third-order valence-electron chi connectivity index (χ3n) is 2.77. The number of benzene rings is 2. The molecule has 2 amide bonds. The van der Waals surface area contributed by atoms with E-state index in [2.05, 4.69) is 10.6 Å². The average Bonchev–Trinajstić information content (AvgIpc) is 2.45. The standard InChI is InChI=1S/C15H13Cl3N2O/c16-15(17,18)13(11-7-3-1-4-8-11)20-14(21)19-12-9-5-2-6-10-12/h1-10,13H,(H2,19,20,21)/t13-/m0/s1. The van der Waals surface area contributed by atoms with Crippen molar-refractivity contribution in [3.8, 4) is 0 Å². The molecular weight excluding hydrogens is 331 g/mol. The highest BCUT2D eigenvalue weighted by atomic mass is 35.6. The lowest BCUT2D eigenvalue weighted by atomic mass is 10.1. The normalized spacial score (nSPS) is 12.5. The number of rotatable bonds is 3. The number of alkyl halides is 3. The molecule has 0 unspecified atom stereocenters. The number of nitrogens with one attached hydrogen (secondary N) is 2. The maximum Gasteiger partial charge on any atom is 0.319 e. The molecule has 0 spiro atoms. The molecule has 0 aliphatic rings. The Morgan fingerprint density at radius 2 is 1.43 bits per heavy atom. The number of para-hydroxylation sites is 1. The minimum atomic E-state index is -1.66. The summed E-state index contributed by atoms with van der Waals surface area (Å²) >= 11 is 17.9. The van der Waals surface area contributed by atoms with Crippen molar-refractivity contribution in [2.75, 3.05) is 5.32 Å². The van der Waals surface area contributed by atoms with Crippen molar-refractivity contribution in [2.24, 2.45) is 0 Å². The quantitative estimate of drug-likeness (QED) is 0.763. The Balaban J connectivity index is 2.11. The molecule has 0 aliphatic carbocycles. The van der Waals surface area contributed by atoms with Crippen molar-refractivity contribution < 1.29 is 4.79 Å². The number of halogens is 3. The summed E-state index contributed by atoms with van der Waals surface area (Å²) in [5, 5.41) is 5.36. The Bertz CT molecular complexity index is 585. The Morgan fingerprint density at radius 1 is 0.905 bits per heavy atom. The van der Waals surface area contributed by atoms with Crippen LogP contribution in [-0.2, 0) is 0 Å². The molecule has 0 heterocycles. The van der Waals surface area contributed by atoms with Crippen LogP contribution < -0.4 is 10.6 Å². The molecule has 0 saturated heterocycles. The molecule has 0 aromatic heterocycles. The summed E-state index contributed by atoms with van der Waals surface area (Å²) in [5.74, 6) is 0. The molecule has 1 atom stereocenters. The number of anilines is 1. The Kier molecular flexibility index (Phi) is 5.34. The Hall–Kier alpha value is -1.42. The van der Waals surface area contributed by atoms with Crippen LogP contribution in [0.25, 0.3) is 0 Å². The summed E-state index contributed by atoms with van der Waals surface area (Å²) in [5.41, 5.74) is 1.37. The molecular formula is C15H13Cl3N2O. The molecule has 110 valence electrons. The van der Waals surface area contributed by atoms with Gasteiger partial charge in [0.25, 0.3) is 0 Å². The third-order valence-corrected chi connectivity index (χ3v) is 3.42. The SMILES string of the molecule is O=C(Nc1ccccc1)N[C@@H](c1ccccc1)C(Cl)(Cl)Cl. The highest BCUT2D eigenvalue weighted by molar-refractivity contribution is 6.68. The van der Waals surface area contributed by atoms with Crippen molar-refractivity contribution in [2.45, 2.75) is 9.83 Å². The second-order valence-electron chi connectivity index (χ2n) is 4.35. The van der Waals surface area contributed by atoms with E-state index in [4.69, 9.17) is 34.8 Å². The van der Waals surface area contributed by atoms with Crippen molar-refractivity contribution in [1.82, 2.24) is 5.32 Å². The second-order valence-corrected chi connectivity index (χ2v) is 6.72. The van der Waals surface area contributed by atoms with Crippen LogP contribution in [0, 0.1) is 0 Å². The molecule has 21 heavy (non-hydrogen) atoms. The lowest BCUT2D eigenvalue weighted by Crippen LogP contribution is -2.39. The lowest BCUT2D eigenvalue weighted by Gasteiger charge is -2.26. The topological polar surface area (TPSA) is 41.1 Å². The van der Waals surface area contributed by atoms with E-state index in [1.807, 2.05) is 36.4 Å². The monoisotopic (exact) mass is 342 g/mol. The van der Waals surface area contributed by atoms with Crippen LogP contribution in [0.4, 0.5) is 10.5 Å². The molecule has 6 heteroatoms. The molecule has 0 fully saturated rings.